The first-order chi connectivity index (χ1) is 2.27. The maximum absolute atomic E-state index is 9.13. The number of carbonyl (C=O) groups is 1. The Morgan fingerprint density at radius 3 is 2.00 bits per heavy atom. The Labute approximate surface area is 65.5 Å². The fourth-order valence-corrected chi connectivity index (χ4v) is 0. The Balaban J connectivity index is 0. The molecule has 0 aromatic carbocycles. The summed E-state index contributed by atoms with van der Waals surface area (Å²) < 4.78 is 0. The SMILES string of the molecule is C#CC(=O)O.[CaH2]. The predicted molar refractivity (Wildman–Crippen MR) is 25.0 cm³/mol. The molecule has 0 saturated heterocycles. The number of carboxylic acids is 1. The van der Waals surface area contributed by atoms with E-state index >= 15 is 0 Å². The standard InChI is InChI=1S/C3H2O2.Ca.2H/c1-2-3(4)5;;;/h1H,(H,4,5);;;. The predicted octanol–water partition coefficient (Wildman–Crippen LogP) is -1.21. The fourth-order valence-electron chi connectivity index (χ4n) is 0. The fraction of sp³-hybridized carbons (Fsp3) is 0. The number of aliphatic carboxylic acids is 1. The number of carboxylic acid groups (broad SMARTS) is 1. The van der Waals surface area contributed by atoms with Crippen molar-refractivity contribution in [3.8, 4) is 12.3 Å². The van der Waals surface area contributed by atoms with Gasteiger partial charge in [0.05, 0.1) is 0 Å². The Morgan fingerprint density at radius 1 is 1.83 bits per heavy atom. The van der Waals surface area contributed by atoms with E-state index in [0.29, 0.717) is 0 Å². The van der Waals surface area contributed by atoms with Crippen LogP contribution >= 0.6 is 0 Å². The van der Waals surface area contributed by atoms with Gasteiger partial charge in [0, 0.05) is 5.92 Å². The van der Waals surface area contributed by atoms with Crippen molar-refractivity contribution in [1.82, 2.24) is 0 Å². The van der Waals surface area contributed by atoms with Crippen molar-refractivity contribution in [3.05, 3.63) is 0 Å². The van der Waals surface area contributed by atoms with Crippen LogP contribution in [-0.4, -0.2) is 48.8 Å². The molecule has 1 N–H and O–H groups in total. The van der Waals surface area contributed by atoms with E-state index < -0.39 is 5.97 Å². The summed E-state index contributed by atoms with van der Waals surface area (Å²) in [6.07, 6.45) is 4.32. The van der Waals surface area contributed by atoms with Gasteiger partial charge in [-0.2, -0.15) is 0 Å². The summed E-state index contributed by atoms with van der Waals surface area (Å²) in [5, 5.41) is 7.49. The number of rotatable bonds is 0. The van der Waals surface area contributed by atoms with Crippen molar-refractivity contribution < 1.29 is 9.90 Å². The van der Waals surface area contributed by atoms with Crippen LogP contribution in [0.3, 0.4) is 0 Å². The summed E-state index contributed by atoms with van der Waals surface area (Å²) in [5.74, 6) is 0.227. The molecule has 0 atom stereocenters. The average molecular weight is 112 g/mol. The molecule has 0 unspecified atom stereocenters. The van der Waals surface area contributed by atoms with Crippen LogP contribution in [0.25, 0.3) is 0 Å². The van der Waals surface area contributed by atoms with Gasteiger partial charge in [-0.15, -0.1) is 6.42 Å². The van der Waals surface area contributed by atoms with Gasteiger partial charge in [-0.05, 0) is 0 Å². The van der Waals surface area contributed by atoms with Gasteiger partial charge in [-0.1, -0.05) is 0 Å². The third-order valence-corrected chi connectivity index (χ3v) is 0.123. The van der Waals surface area contributed by atoms with Crippen LogP contribution in [0.15, 0.2) is 0 Å². The van der Waals surface area contributed by atoms with Crippen molar-refractivity contribution >= 4 is 43.7 Å². The van der Waals surface area contributed by atoms with E-state index in [1.807, 2.05) is 0 Å². The van der Waals surface area contributed by atoms with Gasteiger partial charge in [-0.25, -0.2) is 4.79 Å². The summed E-state index contributed by atoms with van der Waals surface area (Å²) in [7, 11) is 0. The summed E-state index contributed by atoms with van der Waals surface area (Å²) >= 11 is 0. The molecule has 0 fully saturated rings. The molecule has 0 aliphatic carbocycles. The monoisotopic (exact) mass is 112 g/mol. The van der Waals surface area contributed by atoms with Gasteiger partial charge in [0.15, 0.2) is 0 Å². The first-order valence-electron chi connectivity index (χ1n) is 0.966. The average Bonchev–Trinajstić information content (AvgIpc) is 1.38. The van der Waals surface area contributed by atoms with Gasteiger partial charge in [0.25, 0.3) is 0 Å². The Morgan fingerprint density at radius 2 is 2.00 bits per heavy atom. The molecule has 0 rings (SSSR count). The van der Waals surface area contributed by atoms with Gasteiger partial charge in [0.1, 0.15) is 0 Å². The topological polar surface area (TPSA) is 37.3 Å². The van der Waals surface area contributed by atoms with Crippen LogP contribution in [0.5, 0.6) is 0 Å². The second-order valence-electron chi connectivity index (χ2n) is 0.449. The molecule has 0 bridgehead atoms. The normalized spacial score (nSPS) is 4.50. The van der Waals surface area contributed by atoms with Gasteiger partial charge in [0.2, 0.25) is 0 Å². The Kier molecular flexibility index (Phi) is 8.43. The molecule has 6 heavy (non-hydrogen) atoms. The van der Waals surface area contributed by atoms with Crippen molar-refractivity contribution in [2.24, 2.45) is 0 Å². The maximum atomic E-state index is 9.13. The van der Waals surface area contributed by atoms with Crippen LogP contribution in [0.2, 0.25) is 0 Å². The van der Waals surface area contributed by atoms with E-state index in [0.717, 1.165) is 0 Å². The van der Waals surface area contributed by atoms with E-state index in [1.165, 1.54) is 5.92 Å². The molecule has 0 heterocycles. The minimum absolute atomic E-state index is 0. The van der Waals surface area contributed by atoms with Crippen molar-refractivity contribution in [3.63, 3.8) is 0 Å². The molecule has 3 heteroatoms. The summed E-state index contributed by atoms with van der Waals surface area (Å²) in [6.45, 7) is 0. The van der Waals surface area contributed by atoms with Crippen molar-refractivity contribution in [2.75, 3.05) is 0 Å². The molecular formula is C3H4CaO2. The molecule has 0 amide bonds. The zero-order valence-corrected chi connectivity index (χ0v) is 2.43. The van der Waals surface area contributed by atoms with Crippen LogP contribution < -0.4 is 0 Å². The summed E-state index contributed by atoms with van der Waals surface area (Å²) in [4.78, 5) is 9.13. The first-order valence-corrected chi connectivity index (χ1v) is 0.966. The Bertz CT molecular complexity index is 81.3. The zero-order valence-electron chi connectivity index (χ0n) is 2.43. The molecule has 2 nitrogen and oxygen atoms in total. The number of hydrogen-bond acceptors (Lipinski definition) is 1. The second-order valence-corrected chi connectivity index (χ2v) is 0.449. The van der Waals surface area contributed by atoms with Crippen molar-refractivity contribution in [1.29, 1.82) is 0 Å². The van der Waals surface area contributed by atoms with E-state index in [-0.39, 0.29) is 37.7 Å². The zero-order chi connectivity index (χ0) is 4.28. The molecule has 0 aliphatic heterocycles. The quantitative estimate of drug-likeness (QED) is 0.315. The van der Waals surface area contributed by atoms with Gasteiger partial charge >= 0.3 is 43.7 Å². The molecule has 0 aromatic heterocycles. The van der Waals surface area contributed by atoms with E-state index in [1.54, 1.807) is 0 Å². The van der Waals surface area contributed by atoms with E-state index in [9.17, 15) is 0 Å². The molecule has 0 aliphatic rings. The summed E-state index contributed by atoms with van der Waals surface area (Å²) in [5.41, 5.74) is 0. The molecule has 0 aromatic rings. The van der Waals surface area contributed by atoms with Crippen LogP contribution in [0.4, 0.5) is 0 Å². The molecule has 0 saturated carbocycles. The molecule has 30 valence electrons. The van der Waals surface area contributed by atoms with E-state index in [2.05, 4.69) is 6.42 Å². The number of hydrogen-bond donors (Lipinski definition) is 1. The summed E-state index contributed by atoms with van der Waals surface area (Å²) in [6, 6.07) is 0. The molecule has 0 radical (unpaired) electrons. The molecular weight excluding hydrogens is 108 g/mol. The van der Waals surface area contributed by atoms with Gasteiger partial charge in [-0.3, -0.25) is 0 Å². The number of terminal acetylenes is 1. The third-order valence-electron chi connectivity index (χ3n) is 0.123. The van der Waals surface area contributed by atoms with Crippen LogP contribution in [0, 0.1) is 12.3 Å². The van der Waals surface area contributed by atoms with Crippen LogP contribution in [0.1, 0.15) is 0 Å². The van der Waals surface area contributed by atoms with Crippen molar-refractivity contribution in [2.45, 2.75) is 0 Å². The second kappa shape index (κ2) is 5.29. The minimum atomic E-state index is -1.22. The van der Waals surface area contributed by atoms with Crippen LogP contribution in [-0.2, 0) is 4.79 Å². The molecule has 0 spiro atoms. The van der Waals surface area contributed by atoms with E-state index in [4.69, 9.17) is 9.90 Å². The first kappa shape index (κ1) is 9.56. The van der Waals surface area contributed by atoms with Gasteiger partial charge < -0.3 is 5.11 Å². The Hall–Kier alpha value is 0.290. The third kappa shape index (κ3) is 8.85.